The van der Waals surface area contributed by atoms with Gasteiger partial charge in [0.1, 0.15) is 0 Å². The van der Waals surface area contributed by atoms with Crippen LogP contribution in [0.4, 0.5) is 11.4 Å². The summed E-state index contributed by atoms with van der Waals surface area (Å²) in [4.78, 5) is 14.9. The number of allylic oxidation sites excluding steroid dienone is 1. The number of hydrogen-bond donors (Lipinski definition) is 1. The lowest BCUT2D eigenvalue weighted by Crippen LogP contribution is -2.27. The zero-order valence-electron chi connectivity index (χ0n) is 17.3. The first kappa shape index (κ1) is 20.8. The summed E-state index contributed by atoms with van der Waals surface area (Å²) >= 11 is 0. The summed E-state index contributed by atoms with van der Waals surface area (Å²) in [5.41, 5.74) is 2.93. The lowest BCUT2D eigenvalue weighted by atomic mass is 10.2. The number of rotatable bonds is 7. The molecule has 0 radical (unpaired) electrons. The van der Waals surface area contributed by atoms with Gasteiger partial charge in [0.25, 0.3) is 5.91 Å². The predicted octanol–water partition coefficient (Wildman–Crippen LogP) is 5.13. The molecule has 0 aromatic heterocycles. The topological polar surface area (TPSA) is 50.8 Å². The fourth-order valence-electron chi connectivity index (χ4n) is 3.60. The molecule has 29 heavy (non-hydrogen) atoms. The standard InChI is InChI=1S/C24H30N2O3/c1-3-10-19-13-14-22(23(17-19)28-2)29-18-24(27)25-20-11-6-7-12-21(20)26-15-8-4-5-9-16-26/h3,6-7,10-14,17H,4-5,8-9,15-16,18H2,1-2H3,(H,25,27)/b10-3+. The molecular formula is C24H30N2O3. The highest BCUT2D eigenvalue weighted by atomic mass is 16.5. The van der Waals surface area contributed by atoms with E-state index < -0.39 is 0 Å². The molecule has 1 aliphatic rings. The zero-order valence-corrected chi connectivity index (χ0v) is 17.3. The van der Waals surface area contributed by atoms with Gasteiger partial charge in [-0.25, -0.2) is 0 Å². The minimum absolute atomic E-state index is 0.0757. The van der Waals surface area contributed by atoms with Crippen molar-refractivity contribution >= 4 is 23.4 Å². The Morgan fingerprint density at radius 2 is 1.83 bits per heavy atom. The summed E-state index contributed by atoms with van der Waals surface area (Å²) in [6.45, 7) is 3.94. The maximum Gasteiger partial charge on any atom is 0.262 e. The van der Waals surface area contributed by atoms with E-state index >= 15 is 0 Å². The average molecular weight is 395 g/mol. The maximum atomic E-state index is 12.6. The first-order valence-electron chi connectivity index (χ1n) is 10.3. The highest BCUT2D eigenvalue weighted by Crippen LogP contribution is 2.30. The van der Waals surface area contributed by atoms with Crippen molar-refractivity contribution in [2.45, 2.75) is 32.6 Å². The Kier molecular flexibility index (Phi) is 7.56. The summed E-state index contributed by atoms with van der Waals surface area (Å²) < 4.78 is 11.1. The Morgan fingerprint density at radius 1 is 1.07 bits per heavy atom. The fraction of sp³-hybridized carbons (Fsp3) is 0.375. The average Bonchev–Trinajstić information content (AvgIpc) is 3.03. The summed E-state index contributed by atoms with van der Waals surface area (Å²) in [7, 11) is 1.60. The van der Waals surface area contributed by atoms with Crippen LogP contribution in [0.25, 0.3) is 6.08 Å². The van der Waals surface area contributed by atoms with Crippen LogP contribution in [-0.4, -0.2) is 32.7 Å². The zero-order chi connectivity index (χ0) is 20.5. The van der Waals surface area contributed by atoms with Crippen LogP contribution in [0.3, 0.4) is 0 Å². The lowest BCUT2D eigenvalue weighted by molar-refractivity contribution is -0.118. The van der Waals surface area contributed by atoms with Gasteiger partial charge in [0, 0.05) is 13.1 Å². The first-order chi connectivity index (χ1) is 14.2. The van der Waals surface area contributed by atoms with E-state index in [0.29, 0.717) is 11.5 Å². The van der Waals surface area contributed by atoms with Crippen molar-refractivity contribution in [3.63, 3.8) is 0 Å². The second-order valence-corrected chi connectivity index (χ2v) is 7.17. The summed E-state index contributed by atoms with van der Waals surface area (Å²) in [5, 5.41) is 3.01. The Morgan fingerprint density at radius 3 is 2.55 bits per heavy atom. The number of amides is 1. The predicted molar refractivity (Wildman–Crippen MR) is 119 cm³/mol. The molecule has 1 N–H and O–H groups in total. The molecule has 1 amide bonds. The molecule has 154 valence electrons. The van der Waals surface area contributed by atoms with Crippen LogP contribution in [0.5, 0.6) is 11.5 Å². The molecule has 5 nitrogen and oxygen atoms in total. The van der Waals surface area contributed by atoms with Crippen LogP contribution in [0.1, 0.15) is 38.2 Å². The van der Waals surface area contributed by atoms with Crippen LogP contribution < -0.4 is 19.7 Å². The molecule has 1 saturated heterocycles. The normalized spacial score (nSPS) is 14.5. The van der Waals surface area contributed by atoms with Gasteiger partial charge in [0.2, 0.25) is 0 Å². The van der Waals surface area contributed by atoms with Gasteiger partial charge >= 0.3 is 0 Å². The molecule has 3 rings (SSSR count). The third kappa shape index (κ3) is 5.76. The molecule has 2 aromatic rings. The van der Waals surface area contributed by atoms with Gasteiger partial charge in [-0.15, -0.1) is 0 Å². The molecule has 2 aromatic carbocycles. The molecule has 0 bridgehead atoms. The van der Waals surface area contributed by atoms with Crippen molar-refractivity contribution in [1.82, 2.24) is 0 Å². The molecule has 1 heterocycles. The van der Waals surface area contributed by atoms with Gasteiger partial charge < -0.3 is 19.7 Å². The summed E-state index contributed by atoms with van der Waals surface area (Å²) in [5.74, 6) is 0.974. The molecule has 0 aliphatic carbocycles. The van der Waals surface area contributed by atoms with Gasteiger partial charge in [-0.1, -0.05) is 43.2 Å². The number of ether oxygens (including phenoxy) is 2. The highest BCUT2D eigenvalue weighted by Gasteiger charge is 2.15. The highest BCUT2D eigenvalue weighted by molar-refractivity contribution is 5.95. The van der Waals surface area contributed by atoms with Crippen molar-refractivity contribution in [2.75, 3.05) is 37.0 Å². The quantitative estimate of drug-likeness (QED) is 0.708. The van der Waals surface area contributed by atoms with Crippen LogP contribution in [-0.2, 0) is 4.79 Å². The third-order valence-corrected chi connectivity index (χ3v) is 5.03. The van der Waals surface area contributed by atoms with E-state index in [1.807, 2.05) is 55.5 Å². The smallest absolute Gasteiger partial charge is 0.262 e. The molecule has 0 unspecified atom stereocenters. The van der Waals surface area contributed by atoms with E-state index in [-0.39, 0.29) is 12.5 Å². The van der Waals surface area contributed by atoms with E-state index in [9.17, 15) is 4.79 Å². The number of carbonyl (C=O) groups is 1. The monoisotopic (exact) mass is 394 g/mol. The number of benzene rings is 2. The van der Waals surface area contributed by atoms with E-state index in [4.69, 9.17) is 9.47 Å². The molecule has 5 heteroatoms. The fourth-order valence-corrected chi connectivity index (χ4v) is 3.60. The molecule has 1 aliphatic heterocycles. The van der Waals surface area contributed by atoms with Crippen LogP contribution >= 0.6 is 0 Å². The Balaban J connectivity index is 1.64. The minimum atomic E-state index is -0.188. The van der Waals surface area contributed by atoms with Gasteiger partial charge in [-0.2, -0.15) is 0 Å². The van der Waals surface area contributed by atoms with Gasteiger partial charge in [0.05, 0.1) is 18.5 Å². The Labute approximate surface area is 173 Å². The van der Waals surface area contributed by atoms with Gasteiger partial charge in [0.15, 0.2) is 18.1 Å². The van der Waals surface area contributed by atoms with Gasteiger partial charge in [-0.3, -0.25) is 4.79 Å². The van der Waals surface area contributed by atoms with Gasteiger partial charge in [-0.05, 0) is 49.6 Å². The lowest BCUT2D eigenvalue weighted by Gasteiger charge is -2.25. The molecule has 0 saturated carbocycles. The first-order valence-corrected chi connectivity index (χ1v) is 10.3. The second kappa shape index (κ2) is 10.6. The number of nitrogens with zero attached hydrogens (tertiary/aromatic N) is 1. The van der Waals surface area contributed by atoms with Crippen LogP contribution in [0.2, 0.25) is 0 Å². The maximum absolute atomic E-state index is 12.6. The summed E-state index contributed by atoms with van der Waals surface area (Å²) in [6.07, 6.45) is 8.87. The SMILES string of the molecule is C/C=C/c1ccc(OCC(=O)Nc2ccccc2N2CCCCCC2)c(OC)c1. The number of nitrogens with one attached hydrogen (secondary N) is 1. The molecule has 0 spiro atoms. The van der Waals surface area contributed by atoms with Crippen LogP contribution in [0, 0.1) is 0 Å². The number of para-hydroxylation sites is 2. The Bertz CT molecular complexity index is 840. The minimum Gasteiger partial charge on any atom is -0.493 e. The Hall–Kier alpha value is -2.95. The van der Waals surface area contributed by atoms with E-state index in [0.717, 1.165) is 30.0 Å². The second-order valence-electron chi connectivity index (χ2n) is 7.17. The van der Waals surface area contributed by atoms with Crippen molar-refractivity contribution in [2.24, 2.45) is 0 Å². The number of hydrogen-bond acceptors (Lipinski definition) is 4. The molecular weight excluding hydrogens is 364 g/mol. The number of methoxy groups -OCH3 is 1. The van der Waals surface area contributed by atoms with Crippen molar-refractivity contribution < 1.29 is 14.3 Å². The van der Waals surface area contributed by atoms with E-state index in [1.54, 1.807) is 7.11 Å². The third-order valence-electron chi connectivity index (χ3n) is 5.03. The molecule has 0 atom stereocenters. The summed E-state index contributed by atoms with van der Waals surface area (Å²) in [6, 6.07) is 13.6. The van der Waals surface area contributed by atoms with Crippen molar-refractivity contribution in [1.29, 1.82) is 0 Å². The number of carbonyl (C=O) groups excluding carboxylic acids is 1. The number of anilines is 2. The van der Waals surface area contributed by atoms with E-state index in [1.165, 1.54) is 25.7 Å². The van der Waals surface area contributed by atoms with Crippen molar-refractivity contribution in [3.05, 3.63) is 54.1 Å². The van der Waals surface area contributed by atoms with E-state index in [2.05, 4.69) is 16.3 Å². The van der Waals surface area contributed by atoms with Crippen molar-refractivity contribution in [3.8, 4) is 11.5 Å². The largest absolute Gasteiger partial charge is 0.493 e. The molecule has 1 fully saturated rings. The van der Waals surface area contributed by atoms with Crippen LogP contribution in [0.15, 0.2) is 48.5 Å².